The lowest BCUT2D eigenvalue weighted by molar-refractivity contribution is 0.129. The van der Waals surface area contributed by atoms with Gasteiger partial charge < -0.3 is 20.6 Å². The number of nitrogens with one attached hydrogen (secondary N) is 2. The molecule has 3 N–H and O–H groups in total. The molecule has 134 valence electrons. The second-order valence-corrected chi connectivity index (χ2v) is 7.72. The maximum Gasteiger partial charge on any atom is 0.319 e. The molecular formula is C19H31N3O2. The van der Waals surface area contributed by atoms with E-state index in [1.807, 2.05) is 26.8 Å². The van der Waals surface area contributed by atoms with E-state index in [1.54, 1.807) is 6.92 Å². The van der Waals surface area contributed by atoms with Gasteiger partial charge in [-0.3, -0.25) is 0 Å². The van der Waals surface area contributed by atoms with Crippen LogP contribution in [0, 0.1) is 12.3 Å². The highest BCUT2D eigenvalue weighted by Gasteiger charge is 2.21. The monoisotopic (exact) mass is 333 g/mol. The van der Waals surface area contributed by atoms with Crippen molar-refractivity contribution in [2.75, 3.05) is 29.9 Å². The topological polar surface area (TPSA) is 64.6 Å². The van der Waals surface area contributed by atoms with E-state index >= 15 is 0 Å². The van der Waals surface area contributed by atoms with Gasteiger partial charge in [0.1, 0.15) is 0 Å². The Morgan fingerprint density at radius 1 is 1.33 bits per heavy atom. The first-order valence-corrected chi connectivity index (χ1v) is 8.85. The molecule has 1 unspecified atom stereocenters. The zero-order chi connectivity index (χ0) is 17.7. The maximum atomic E-state index is 12.1. The quantitative estimate of drug-likeness (QED) is 0.746. The molecule has 0 saturated carbocycles. The molecule has 5 nitrogen and oxygen atoms in total. The van der Waals surface area contributed by atoms with Crippen LogP contribution in [-0.4, -0.2) is 36.9 Å². The van der Waals surface area contributed by atoms with Crippen LogP contribution in [0.2, 0.25) is 0 Å². The zero-order valence-corrected chi connectivity index (χ0v) is 15.4. The first kappa shape index (κ1) is 18.6. The second kappa shape index (κ2) is 7.88. The number of rotatable bonds is 6. The van der Waals surface area contributed by atoms with Gasteiger partial charge in [-0.25, -0.2) is 4.79 Å². The number of amides is 2. The first-order valence-electron chi connectivity index (χ1n) is 8.85. The van der Waals surface area contributed by atoms with Gasteiger partial charge in [0.05, 0.1) is 6.10 Å². The van der Waals surface area contributed by atoms with E-state index in [-0.39, 0.29) is 17.6 Å². The van der Waals surface area contributed by atoms with Gasteiger partial charge in [0.15, 0.2) is 0 Å². The maximum absolute atomic E-state index is 12.1. The lowest BCUT2D eigenvalue weighted by Crippen LogP contribution is -2.38. The Kier molecular flexibility index (Phi) is 6.10. The number of carbonyl (C=O) groups excluding carboxylic acids is 1. The Balaban J connectivity index is 1.89. The summed E-state index contributed by atoms with van der Waals surface area (Å²) in [6.45, 7) is 10.6. The van der Waals surface area contributed by atoms with Gasteiger partial charge in [-0.1, -0.05) is 13.8 Å². The fraction of sp³-hybridized carbons (Fsp3) is 0.632. The van der Waals surface area contributed by atoms with Gasteiger partial charge in [-0.05, 0) is 62.3 Å². The molecule has 2 amide bonds. The van der Waals surface area contributed by atoms with Crippen LogP contribution in [-0.2, 0) is 0 Å². The zero-order valence-electron chi connectivity index (χ0n) is 15.4. The molecule has 0 aliphatic carbocycles. The summed E-state index contributed by atoms with van der Waals surface area (Å²) in [5, 5.41) is 15.3. The molecule has 0 radical (unpaired) electrons. The van der Waals surface area contributed by atoms with Crippen molar-refractivity contribution >= 4 is 17.4 Å². The molecule has 0 spiro atoms. The molecule has 1 saturated heterocycles. The number of urea groups is 1. The number of benzene rings is 1. The second-order valence-electron chi connectivity index (χ2n) is 7.72. The number of hydrogen-bond acceptors (Lipinski definition) is 3. The lowest BCUT2D eigenvalue weighted by Gasteiger charge is -2.26. The van der Waals surface area contributed by atoms with Crippen molar-refractivity contribution in [3.05, 3.63) is 23.8 Å². The van der Waals surface area contributed by atoms with Crippen molar-refractivity contribution in [1.82, 2.24) is 5.32 Å². The Morgan fingerprint density at radius 3 is 2.58 bits per heavy atom. The third-order valence-corrected chi connectivity index (χ3v) is 4.50. The van der Waals surface area contributed by atoms with Crippen LogP contribution in [0.3, 0.4) is 0 Å². The van der Waals surface area contributed by atoms with E-state index < -0.39 is 0 Å². The summed E-state index contributed by atoms with van der Waals surface area (Å²) in [7, 11) is 0. The molecule has 1 aliphatic heterocycles. The minimum atomic E-state index is -0.370. The molecular weight excluding hydrogens is 302 g/mol. The Labute approximate surface area is 145 Å². The van der Waals surface area contributed by atoms with Gasteiger partial charge in [0.2, 0.25) is 0 Å². The number of aryl methyl sites for hydroxylation is 1. The molecule has 1 aromatic rings. The lowest BCUT2D eigenvalue weighted by atomic mass is 9.87. The third-order valence-electron chi connectivity index (χ3n) is 4.50. The molecule has 1 atom stereocenters. The van der Waals surface area contributed by atoms with Gasteiger partial charge in [0, 0.05) is 31.0 Å². The average molecular weight is 333 g/mol. The summed E-state index contributed by atoms with van der Waals surface area (Å²) in [5.41, 5.74) is 3.00. The fourth-order valence-corrected chi connectivity index (χ4v) is 3.32. The summed E-state index contributed by atoms with van der Waals surface area (Å²) in [6, 6.07) is 5.98. The SMILES string of the molecule is Cc1cc(N2CCCC2)ccc1NC(=O)NCC(C)(C)CC(C)O. The minimum Gasteiger partial charge on any atom is -0.393 e. The molecule has 5 heteroatoms. The molecule has 1 aliphatic rings. The number of hydrogen-bond donors (Lipinski definition) is 3. The summed E-state index contributed by atoms with van der Waals surface area (Å²) in [6.07, 6.45) is 2.79. The highest BCUT2D eigenvalue weighted by Crippen LogP contribution is 2.25. The fourth-order valence-electron chi connectivity index (χ4n) is 3.32. The van der Waals surface area contributed by atoms with Crippen molar-refractivity contribution in [3.8, 4) is 0 Å². The predicted octanol–water partition coefficient (Wildman–Crippen LogP) is 3.51. The summed E-state index contributed by atoms with van der Waals surface area (Å²) in [5.74, 6) is 0. The van der Waals surface area contributed by atoms with Crippen LogP contribution in [0.5, 0.6) is 0 Å². The van der Waals surface area contributed by atoms with Crippen LogP contribution in [0.15, 0.2) is 18.2 Å². The highest BCUT2D eigenvalue weighted by atomic mass is 16.3. The summed E-state index contributed by atoms with van der Waals surface area (Å²) >= 11 is 0. The van der Waals surface area contributed by atoms with E-state index in [4.69, 9.17) is 0 Å². The summed E-state index contributed by atoms with van der Waals surface area (Å²) in [4.78, 5) is 14.5. The molecule has 0 bridgehead atoms. The Hall–Kier alpha value is -1.75. The van der Waals surface area contributed by atoms with Crippen LogP contribution in [0.25, 0.3) is 0 Å². The van der Waals surface area contributed by atoms with Crippen molar-refractivity contribution in [2.45, 2.75) is 53.1 Å². The Morgan fingerprint density at radius 2 is 2.00 bits per heavy atom. The normalized spacial score (nSPS) is 16.1. The number of nitrogens with zero attached hydrogens (tertiary/aromatic N) is 1. The number of aliphatic hydroxyl groups is 1. The molecule has 1 fully saturated rings. The molecule has 1 aromatic carbocycles. The van der Waals surface area contributed by atoms with Crippen LogP contribution < -0.4 is 15.5 Å². The average Bonchev–Trinajstić information content (AvgIpc) is 3.00. The van der Waals surface area contributed by atoms with Crippen LogP contribution in [0.1, 0.15) is 45.6 Å². The smallest absolute Gasteiger partial charge is 0.319 e. The predicted molar refractivity (Wildman–Crippen MR) is 99.7 cm³/mol. The van der Waals surface area contributed by atoms with Crippen LogP contribution >= 0.6 is 0 Å². The standard InChI is InChI=1S/C19H31N3O2/c1-14-11-16(22-9-5-6-10-22)7-8-17(14)21-18(24)20-13-19(3,4)12-15(2)23/h7-8,11,15,23H,5-6,9-10,12-13H2,1-4H3,(H2,20,21,24). The van der Waals surface area contributed by atoms with Gasteiger partial charge in [-0.2, -0.15) is 0 Å². The van der Waals surface area contributed by atoms with E-state index in [0.29, 0.717) is 13.0 Å². The molecule has 2 rings (SSSR count). The number of anilines is 2. The van der Waals surface area contributed by atoms with E-state index in [0.717, 1.165) is 24.3 Å². The van der Waals surface area contributed by atoms with Crippen molar-refractivity contribution < 1.29 is 9.90 Å². The Bertz CT molecular complexity index is 564. The van der Waals surface area contributed by atoms with Gasteiger partial charge in [0.25, 0.3) is 0 Å². The van der Waals surface area contributed by atoms with Crippen LogP contribution in [0.4, 0.5) is 16.2 Å². The van der Waals surface area contributed by atoms with E-state index in [9.17, 15) is 9.90 Å². The largest absolute Gasteiger partial charge is 0.393 e. The number of carbonyl (C=O) groups is 1. The van der Waals surface area contributed by atoms with E-state index in [1.165, 1.54) is 18.5 Å². The van der Waals surface area contributed by atoms with Gasteiger partial charge >= 0.3 is 6.03 Å². The summed E-state index contributed by atoms with van der Waals surface area (Å²) < 4.78 is 0. The minimum absolute atomic E-state index is 0.139. The van der Waals surface area contributed by atoms with Crippen molar-refractivity contribution in [2.24, 2.45) is 5.41 Å². The molecule has 1 heterocycles. The van der Waals surface area contributed by atoms with Crippen molar-refractivity contribution in [3.63, 3.8) is 0 Å². The molecule has 24 heavy (non-hydrogen) atoms. The van der Waals surface area contributed by atoms with Gasteiger partial charge in [-0.15, -0.1) is 0 Å². The molecule has 0 aromatic heterocycles. The van der Waals surface area contributed by atoms with E-state index in [2.05, 4.69) is 27.7 Å². The number of aliphatic hydroxyl groups excluding tert-OH is 1. The highest BCUT2D eigenvalue weighted by molar-refractivity contribution is 5.90. The van der Waals surface area contributed by atoms with Crippen molar-refractivity contribution in [1.29, 1.82) is 0 Å². The third kappa shape index (κ3) is 5.41. The first-order chi connectivity index (χ1) is 11.3.